The zero-order valence-electron chi connectivity index (χ0n) is 14.8. The highest BCUT2D eigenvalue weighted by molar-refractivity contribution is 7.09. The number of hydrogen-bond donors (Lipinski definition) is 1. The minimum Gasteiger partial charge on any atom is -0.478 e. The van der Waals surface area contributed by atoms with E-state index in [-0.39, 0.29) is 17.5 Å². The Bertz CT molecular complexity index is 718. The second kappa shape index (κ2) is 8.98. The van der Waals surface area contributed by atoms with Crippen LogP contribution in [0.15, 0.2) is 29.9 Å². The first-order chi connectivity index (χ1) is 12.6. The first kappa shape index (κ1) is 18.6. The number of carboxylic acid groups (broad SMARTS) is 1. The van der Waals surface area contributed by atoms with Crippen molar-refractivity contribution in [1.82, 2.24) is 14.7 Å². The number of aromatic carboxylic acids is 1. The van der Waals surface area contributed by atoms with Gasteiger partial charge < -0.3 is 10.0 Å². The first-order valence-corrected chi connectivity index (χ1v) is 10.1. The molecule has 0 aliphatic carbocycles. The van der Waals surface area contributed by atoms with Crippen molar-refractivity contribution in [1.29, 1.82) is 0 Å². The van der Waals surface area contributed by atoms with E-state index in [1.54, 1.807) is 22.2 Å². The summed E-state index contributed by atoms with van der Waals surface area (Å²) in [5.74, 6) is -0.714. The molecule has 0 saturated carbocycles. The number of aryl methyl sites for hydroxylation is 1. The molecule has 1 amide bonds. The molecule has 1 N–H and O–H groups in total. The molecular weight excluding hydrogens is 350 g/mol. The lowest BCUT2D eigenvalue weighted by atomic mass is 10.0. The predicted octanol–water partition coefficient (Wildman–Crippen LogP) is 3.61. The monoisotopic (exact) mass is 375 g/mol. The van der Waals surface area contributed by atoms with Gasteiger partial charge in [-0.3, -0.25) is 9.48 Å². The van der Waals surface area contributed by atoms with E-state index in [2.05, 4.69) is 22.6 Å². The lowest BCUT2D eigenvalue weighted by molar-refractivity contribution is -0.132. The van der Waals surface area contributed by atoms with E-state index in [9.17, 15) is 9.59 Å². The molecule has 0 unspecified atom stereocenters. The summed E-state index contributed by atoms with van der Waals surface area (Å²) in [6.45, 7) is 1.45. The van der Waals surface area contributed by atoms with E-state index in [4.69, 9.17) is 5.11 Å². The van der Waals surface area contributed by atoms with Crippen LogP contribution < -0.4 is 0 Å². The van der Waals surface area contributed by atoms with Crippen LogP contribution in [-0.4, -0.2) is 44.8 Å². The zero-order valence-corrected chi connectivity index (χ0v) is 15.7. The highest BCUT2D eigenvalue weighted by Crippen LogP contribution is 2.23. The normalized spacial score (nSPS) is 15.3. The minimum absolute atomic E-state index is 0.179. The van der Waals surface area contributed by atoms with Crippen LogP contribution >= 0.6 is 11.3 Å². The SMILES string of the molecule is O=C(O)c1cnn(C2CCN(C(=O)CCCCCc3cccs3)CC2)c1. The average Bonchev–Trinajstić information content (AvgIpc) is 3.33. The molecule has 1 saturated heterocycles. The molecule has 6 nitrogen and oxygen atoms in total. The third-order valence-corrected chi connectivity index (χ3v) is 5.87. The molecule has 140 valence electrons. The number of piperidine rings is 1. The zero-order chi connectivity index (χ0) is 18.4. The number of unbranched alkanes of at least 4 members (excludes halogenated alkanes) is 2. The Morgan fingerprint density at radius 1 is 1.23 bits per heavy atom. The maximum absolute atomic E-state index is 12.4. The van der Waals surface area contributed by atoms with Gasteiger partial charge in [0.15, 0.2) is 0 Å². The summed E-state index contributed by atoms with van der Waals surface area (Å²) in [6.07, 6.45) is 9.53. The van der Waals surface area contributed by atoms with Gasteiger partial charge in [0.05, 0.1) is 17.8 Å². The lowest BCUT2D eigenvalue weighted by Crippen LogP contribution is -2.39. The average molecular weight is 375 g/mol. The molecule has 1 aliphatic heterocycles. The number of likely N-dealkylation sites (tertiary alicyclic amines) is 1. The van der Waals surface area contributed by atoms with E-state index in [0.717, 1.165) is 51.6 Å². The number of nitrogens with zero attached hydrogens (tertiary/aromatic N) is 3. The molecule has 3 rings (SSSR count). The van der Waals surface area contributed by atoms with Gasteiger partial charge in [-0.2, -0.15) is 5.10 Å². The summed E-state index contributed by atoms with van der Waals surface area (Å²) < 4.78 is 1.73. The minimum atomic E-state index is -0.956. The van der Waals surface area contributed by atoms with E-state index < -0.39 is 5.97 Å². The Hall–Kier alpha value is -2.15. The van der Waals surface area contributed by atoms with Gasteiger partial charge in [-0.1, -0.05) is 12.5 Å². The van der Waals surface area contributed by atoms with Crippen molar-refractivity contribution in [2.75, 3.05) is 13.1 Å². The Morgan fingerprint density at radius 3 is 2.69 bits per heavy atom. The van der Waals surface area contributed by atoms with Crippen molar-refractivity contribution in [2.24, 2.45) is 0 Å². The predicted molar refractivity (Wildman–Crippen MR) is 101 cm³/mol. The third-order valence-electron chi connectivity index (χ3n) is 4.93. The standard InChI is InChI=1S/C19H25N3O3S/c23-18(7-3-1-2-5-17-6-4-12-26-17)21-10-8-16(9-11-21)22-14-15(13-20-22)19(24)25/h4,6,12-14,16H,1-3,5,7-11H2,(H,24,25). The van der Waals surface area contributed by atoms with Gasteiger partial charge in [0.25, 0.3) is 0 Å². The molecule has 0 aromatic carbocycles. The molecule has 3 heterocycles. The van der Waals surface area contributed by atoms with Gasteiger partial charge in [0, 0.05) is 30.6 Å². The van der Waals surface area contributed by atoms with E-state index in [0.29, 0.717) is 6.42 Å². The summed E-state index contributed by atoms with van der Waals surface area (Å²) in [5, 5.41) is 15.2. The van der Waals surface area contributed by atoms with Crippen LogP contribution in [0, 0.1) is 0 Å². The fraction of sp³-hybridized carbons (Fsp3) is 0.526. The van der Waals surface area contributed by atoms with Crippen LogP contribution in [0.4, 0.5) is 0 Å². The number of aromatic nitrogens is 2. The molecule has 1 fully saturated rings. The maximum Gasteiger partial charge on any atom is 0.338 e. The Kier molecular flexibility index (Phi) is 6.44. The van der Waals surface area contributed by atoms with Gasteiger partial charge in [-0.15, -0.1) is 11.3 Å². The van der Waals surface area contributed by atoms with Gasteiger partial charge in [-0.05, 0) is 43.6 Å². The molecule has 7 heteroatoms. The fourth-order valence-electron chi connectivity index (χ4n) is 3.39. The van der Waals surface area contributed by atoms with Crippen LogP contribution in [-0.2, 0) is 11.2 Å². The summed E-state index contributed by atoms with van der Waals surface area (Å²) in [5.41, 5.74) is 0.214. The van der Waals surface area contributed by atoms with Crippen LogP contribution in [0.2, 0.25) is 0 Å². The smallest absolute Gasteiger partial charge is 0.338 e. The van der Waals surface area contributed by atoms with Gasteiger partial charge in [0.1, 0.15) is 0 Å². The molecule has 0 radical (unpaired) electrons. The first-order valence-electron chi connectivity index (χ1n) is 9.21. The Balaban J connectivity index is 1.34. The largest absolute Gasteiger partial charge is 0.478 e. The second-order valence-corrected chi connectivity index (χ2v) is 7.80. The molecule has 26 heavy (non-hydrogen) atoms. The molecule has 0 spiro atoms. The van der Waals surface area contributed by atoms with E-state index in [1.807, 2.05) is 4.90 Å². The number of hydrogen-bond acceptors (Lipinski definition) is 4. The summed E-state index contributed by atoms with van der Waals surface area (Å²) >= 11 is 1.80. The van der Waals surface area contributed by atoms with Crippen LogP contribution in [0.25, 0.3) is 0 Å². The van der Waals surface area contributed by atoms with Gasteiger partial charge in [-0.25, -0.2) is 4.79 Å². The van der Waals surface area contributed by atoms with Gasteiger partial charge in [0.2, 0.25) is 5.91 Å². The number of thiophene rings is 1. The quantitative estimate of drug-likeness (QED) is 0.715. The number of carbonyl (C=O) groups excluding carboxylic acids is 1. The number of amides is 1. The molecule has 2 aromatic rings. The summed E-state index contributed by atoms with van der Waals surface area (Å²) in [4.78, 5) is 26.7. The molecule has 0 bridgehead atoms. The molecule has 0 atom stereocenters. The van der Waals surface area contributed by atoms with Crippen LogP contribution in [0.5, 0.6) is 0 Å². The number of rotatable bonds is 8. The van der Waals surface area contributed by atoms with Crippen molar-refractivity contribution in [3.8, 4) is 0 Å². The van der Waals surface area contributed by atoms with Crippen molar-refractivity contribution >= 4 is 23.2 Å². The van der Waals surface area contributed by atoms with E-state index in [1.165, 1.54) is 11.1 Å². The van der Waals surface area contributed by atoms with Crippen molar-refractivity contribution in [3.05, 3.63) is 40.3 Å². The van der Waals surface area contributed by atoms with Crippen molar-refractivity contribution in [3.63, 3.8) is 0 Å². The highest BCUT2D eigenvalue weighted by atomic mass is 32.1. The molecule has 1 aliphatic rings. The summed E-state index contributed by atoms with van der Waals surface area (Å²) in [7, 11) is 0. The Morgan fingerprint density at radius 2 is 2.04 bits per heavy atom. The summed E-state index contributed by atoms with van der Waals surface area (Å²) in [6, 6.07) is 4.43. The number of carbonyl (C=O) groups is 2. The van der Waals surface area contributed by atoms with Crippen LogP contribution in [0.3, 0.4) is 0 Å². The highest BCUT2D eigenvalue weighted by Gasteiger charge is 2.24. The van der Waals surface area contributed by atoms with Crippen LogP contribution in [0.1, 0.15) is 59.8 Å². The molecular formula is C19H25N3O3S. The van der Waals surface area contributed by atoms with Gasteiger partial charge >= 0.3 is 5.97 Å². The maximum atomic E-state index is 12.4. The second-order valence-electron chi connectivity index (χ2n) is 6.77. The Labute approximate surface area is 157 Å². The molecule has 2 aromatic heterocycles. The topological polar surface area (TPSA) is 75.4 Å². The third kappa shape index (κ3) is 4.94. The number of carboxylic acids is 1. The van der Waals surface area contributed by atoms with Crippen molar-refractivity contribution in [2.45, 2.75) is 51.0 Å². The lowest BCUT2D eigenvalue weighted by Gasteiger charge is -2.32. The van der Waals surface area contributed by atoms with E-state index >= 15 is 0 Å². The fourth-order valence-corrected chi connectivity index (χ4v) is 4.14. The van der Waals surface area contributed by atoms with Crippen molar-refractivity contribution < 1.29 is 14.7 Å².